The Kier molecular flexibility index (Phi) is 4.58. The van der Waals surface area contributed by atoms with Gasteiger partial charge in [0.25, 0.3) is 5.91 Å². The van der Waals surface area contributed by atoms with Crippen LogP contribution in [0.3, 0.4) is 0 Å². The molecule has 1 atom stereocenters. The van der Waals surface area contributed by atoms with Crippen LogP contribution in [0.4, 0.5) is 24.5 Å². The number of anilines is 2. The molecule has 2 aromatic rings. The molecule has 0 saturated carbocycles. The molecule has 5 nitrogen and oxygen atoms in total. The lowest BCUT2D eigenvalue weighted by Gasteiger charge is -2.17. The highest BCUT2D eigenvalue weighted by molar-refractivity contribution is 6.23. The molecule has 0 aliphatic carbocycles. The predicted molar refractivity (Wildman–Crippen MR) is 89.0 cm³/mol. The number of benzene rings is 2. The topological polar surface area (TPSA) is 58.6 Å². The molecule has 0 bridgehead atoms. The van der Waals surface area contributed by atoms with Crippen LogP contribution >= 0.6 is 0 Å². The zero-order valence-electron chi connectivity index (χ0n) is 13.7. The number of hydrogen-bond acceptors (Lipinski definition) is 4. The number of alkyl halides is 3. The standard InChI is InChI=1S/C18H15F3N2O3/c1-26-14-7-5-13(6-8-14)23-16(24)10-15(17(23)25)22-12-4-2-3-11(9-12)18(19,20)21/h2-9,15,22H,10H2,1H3/t15-/m0/s1. The maximum absolute atomic E-state index is 12.8. The number of ether oxygens (including phenoxy) is 1. The van der Waals surface area contributed by atoms with Gasteiger partial charge in [-0.3, -0.25) is 9.59 Å². The van der Waals surface area contributed by atoms with Gasteiger partial charge >= 0.3 is 6.18 Å². The number of amides is 2. The Morgan fingerprint density at radius 2 is 1.81 bits per heavy atom. The van der Waals surface area contributed by atoms with Crippen molar-refractivity contribution in [1.82, 2.24) is 0 Å². The molecule has 1 N–H and O–H groups in total. The summed E-state index contributed by atoms with van der Waals surface area (Å²) < 4.78 is 43.4. The molecule has 0 radical (unpaired) electrons. The summed E-state index contributed by atoms with van der Waals surface area (Å²) in [6.45, 7) is 0. The number of nitrogens with one attached hydrogen (secondary N) is 1. The van der Waals surface area contributed by atoms with E-state index in [1.165, 1.54) is 19.2 Å². The van der Waals surface area contributed by atoms with Gasteiger partial charge in [0.1, 0.15) is 11.8 Å². The second-order valence-electron chi connectivity index (χ2n) is 5.75. The molecule has 1 aliphatic rings. The minimum Gasteiger partial charge on any atom is -0.497 e. The van der Waals surface area contributed by atoms with Crippen LogP contribution in [0.1, 0.15) is 12.0 Å². The van der Waals surface area contributed by atoms with Gasteiger partial charge in [0, 0.05) is 5.69 Å². The van der Waals surface area contributed by atoms with Crippen LogP contribution < -0.4 is 15.0 Å². The normalized spacial score (nSPS) is 17.5. The minimum absolute atomic E-state index is 0.127. The van der Waals surface area contributed by atoms with E-state index in [0.717, 1.165) is 17.0 Å². The summed E-state index contributed by atoms with van der Waals surface area (Å²) >= 11 is 0. The van der Waals surface area contributed by atoms with E-state index in [4.69, 9.17) is 4.74 Å². The van der Waals surface area contributed by atoms with Gasteiger partial charge in [-0.1, -0.05) is 6.07 Å². The lowest BCUT2D eigenvalue weighted by molar-refractivity contribution is -0.137. The Hall–Kier alpha value is -3.03. The molecule has 2 amide bonds. The fourth-order valence-electron chi connectivity index (χ4n) is 2.73. The van der Waals surface area contributed by atoms with Gasteiger partial charge < -0.3 is 10.1 Å². The molecule has 1 heterocycles. The van der Waals surface area contributed by atoms with Crippen molar-refractivity contribution >= 4 is 23.2 Å². The molecule has 3 rings (SSSR count). The van der Waals surface area contributed by atoms with Crippen molar-refractivity contribution in [3.8, 4) is 5.75 Å². The largest absolute Gasteiger partial charge is 0.497 e. The quantitative estimate of drug-likeness (QED) is 0.845. The van der Waals surface area contributed by atoms with E-state index < -0.39 is 29.6 Å². The summed E-state index contributed by atoms with van der Waals surface area (Å²) in [7, 11) is 1.50. The molecular formula is C18H15F3N2O3. The summed E-state index contributed by atoms with van der Waals surface area (Å²) in [5, 5.41) is 2.72. The van der Waals surface area contributed by atoms with Crippen LogP contribution in [0.25, 0.3) is 0 Å². The molecule has 1 fully saturated rings. The number of halogens is 3. The van der Waals surface area contributed by atoms with Gasteiger partial charge in [0.05, 0.1) is 24.8 Å². The molecule has 1 aliphatic heterocycles. The number of nitrogens with zero attached hydrogens (tertiary/aromatic N) is 1. The molecule has 1 saturated heterocycles. The average molecular weight is 364 g/mol. The smallest absolute Gasteiger partial charge is 0.416 e. The van der Waals surface area contributed by atoms with Gasteiger partial charge in [-0.05, 0) is 42.5 Å². The first-order chi connectivity index (χ1) is 12.3. The highest BCUT2D eigenvalue weighted by atomic mass is 19.4. The number of carbonyl (C=O) groups excluding carboxylic acids is 2. The Labute approximate surface area is 147 Å². The minimum atomic E-state index is -4.48. The first kappa shape index (κ1) is 17.8. The molecule has 0 spiro atoms. The summed E-state index contributed by atoms with van der Waals surface area (Å²) in [5.74, 6) is -0.367. The number of imide groups is 1. The second-order valence-corrected chi connectivity index (χ2v) is 5.75. The third-order valence-electron chi connectivity index (χ3n) is 4.01. The molecule has 0 aromatic heterocycles. The summed E-state index contributed by atoms with van der Waals surface area (Å²) in [5.41, 5.74) is -0.317. The highest BCUT2D eigenvalue weighted by Crippen LogP contribution is 2.32. The van der Waals surface area contributed by atoms with Crippen molar-refractivity contribution in [3.63, 3.8) is 0 Å². The van der Waals surface area contributed by atoms with Crippen molar-refractivity contribution in [2.24, 2.45) is 0 Å². The number of hydrogen-bond donors (Lipinski definition) is 1. The van der Waals surface area contributed by atoms with Crippen LogP contribution in [-0.4, -0.2) is 25.0 Å². The highest BCUT2D eigenvalue weighted by Gasteiger charge is 2.40. The van der Waals surface area contributed by atoms with Gasteiger partial charge in [-0.15, -0.1) is 0 Å². The van der Waals surface area contributed by atoms with Gasteiger partial charge in [-0.25, -0.2) is 4.90 Å². The lowest BCUT2D eigenvalue weighted by Crippen LogP contribution is -2.34. The predicted octanol–water partition coefficient (Wildman–Crippen LogP) is 3.46. The third-order valence-corrected chi connectivity index (χ3v) is 4.01. The summed E-state index contributed by atoms with van der Waals surface area (Å²) in [6.07, 6.45) is -4.62. The Bertz CT molecular complexity index is 834. The Morgan fingerprint density at radius 1 is 1.12 bits per heavy atom. The molecular weight excluding hydrogens is 349 g/mol. The summed E-state index contributed by atoms with van der Waals surface area (Å²) in [6, 6.07) is 9.96. The lowest BCUT2D eigenvalue weighted by atomic mass is 10.1. The van der Waals surface area contributed by atoms with Crippen molar-refractivity contribution in [2.45, 2.75) is 18.6 Å². The molecule has 8 heteroatoms. The maximum atomic E-state index is 12.8. The van der Waals surface area contributed by atoms with Crippen molar-refractivity contribution < 1.29 is 27.5 Å². The van der Waals surface area contributed by atoms with Crippen LogP contribution in [-0.2, 0) is 15.8 Å². The van der Waals surface area contributed by atoms with Crippen LogP contribution in [0.5, 0.6) is 5.75 Å². The fourth-order valence-corrected chi connectivity index (χ4v) is 2.73. The van der Waals surface area contributed by atoms with E-state index in [0.29, 0.717) is 11.4 Å². The zero-order chi connectivity index (χ0) is 18.9. The van der Waals surface area contributed by atoms with Crippen LogP contribution in [0, 0.1) is 0 Å². The van der Waals surface area contributed by atoms with Crippen molar-refractivity contribution in [2.75, 3.05) is 17.3 Å². The van der Waals surface area contributed by atoms with E-state index in [-0.39, 0.29) is 12.1 Å². The van der Waals surface area contributed by atoms with E-state index in [2.05, 4.69) is 5.32 Å². The average Bonchev–Trinajstić information content (AvgIpc) is 2.88. The third kappa shape index (κ3) is 3.49. The number of rotatable bonds is 4. The van der Waals surface area contributed by atoms with Crippen LogP contribution in [0.2, 0.25) is 0 Å². The Balaban J connectivity index is 1.78. The van der Waals surface area contributed by atoms with Gasteiger partial charge in [0.15, 0.2) is 0 Å². The first-order valence-electron chi connectivity index (χ1n) is 7.74. The van der Waals surface area contributed by atoms with E-state index in [9.17, 15) is 22.8 Å². The monoisotopic (exact) mass is 364 g/mol. The van der Waals surface area contributed by atoms with Crippen molar-refractivity contribution in [1.29, 1.82) is 0 Å². The number of carbonyl (C=O) groups is 2. The van der Waals surface area contributed by atoms with E-state index in [1.807, 2.05) is 0 Å². The maximum Gasteiger partial charge on any atom is 0.416 e. The second kappa shape index (κ2) is 6.70. The van der Waals surface area contributed by atoms with Crippen LogP contribution in [0.15, 0.2) is 48.5 Å². The zero-order valence-corrected chi connectivity index (χ0v) is 13.7. The molecule has 2 aromatic carbocycles. The molecule has 136 valence electrons. The van der Waals surface area contributed by atoms with Gasteiger partial charge in [-0.2, -0.15) is 13.2 Å². The fraction of sp³-hybridized carbons (Fsp3) is 0.222. The van der Waals surface area contributed by atoms with Gasteiger partial charge in [0.2, 0.25) is 5.91 Å². The van der Waals surface area contributed by atoms with E-state index >= 15 is 0 Å². The van der Waals surface area contributed by atoms with Crippen molar-refractivity contribution in [3.05, 3.63) is 54.1 Å². The van der Waals surface area contributed by atoms with E-state index in [1.54, 1.807) is 24.3 Å². The number of methoxy groups -OCH3 is 1. The molecule has 0 unspecified atom stereocenters. The Morgan fingerprint density at radius 3 is 2.42 bits per heavy atom. The first-order valence-corrected chi connectivity index (χ1v) is 7.74. The summed E-state index contributed by atoms with van der Waals surface area (Å²) in [4.78, 5) is 25.8. The SMILES string of the molecule is COc1ccc(N2C(=O)C[C@H](Nc3cccc(C(F)(F)F)c3)C2=O)cc1. The molecule has 26 heavy (non-hydrogen) atoms.